The van der Waals surface area contributed by atoms with E-state index in [1.54, 1.807) is 0 Å². The average Bonchev–Trinajstić information content (AvgIpc) is 2.55. The van der Waals surface area contributed by atoms with Gasteiger partial charge in [-0.2, -0.15) is 5.10 Å². The van der Waals surface area contributed by atoms with Crippen LogP contribution in [-0.4, -0.2) is 5.71 Å². The summed E-state index contributed by atoms with van der Waals surface area (Å²) in [5.74, 6) is 0. The summed E-state index contributed by atoms with van der Waals surface area (Å²) in [4.78, 5) is 0. The van der Waals surface area contributed by atoms with E-state index in [9.17, 15) is 0 Å². The molecule has 2 heteroatoms. The van der Waals surface area contributed by atoms with E-state index in [1.165, 1.54) is 21.9 Å². The molecule has 0 saturated carbocycles. The van der Waals surface area contributed by atoms with Crippen molar-refractivity contribution in [3.63, 3.8) is 0 Å². The van der Waals surface area contributed by atoms with Crippen LogP contribution in [0.4, 0.5) is 5.69 Å². The second-order valence-electron chi connectivity index (χ2n) is 5.62. The molecule has 0 fully saturated rings. The van der Waals surface area contributed by atoms with E-state index in [2.05, 4.69) is 79.0 Å². The van der Waals surface area contributed by atoms with Crippen LogP contribution in [0.1, 0.15) is 23.6 Å². The molecule has 0 aliphatic carbocycles. The van der Waals surface area contributed by atoms with E-state index in [0.29, 0.717) is 0 Å². The highest BCUT2D eigenvalue weighted by Crippen LogP contribution is 2.19. The number of fused-ring (bicyclic) bond motifs is 1. The lowest BCUT2D eigenvalue weighted by Gasteiger charge is -2.09. The van der Waals surface area contributed by atoms with Crippen LogP contribution < -0.4 is 5.43 Å². The minimum Gasteiger partial charge on any atom is -0.278 e. The Morgan fingerprint density at radius 3 is 2.45 bits per heavy atom. The van der Waals surface area contributed by atoms with Gasteiger partial charge in [-0.1, -0.05) is 48.5 Å². The topological polar surface area (TPSA) is 24.4 Å². The third-order valence-electron chi connectivity index (χ3n) is 4.12. The average molecular weight is 288 g/mol. The number of hydrazone groups is 1. The molecule has 0 spiro atoms. The van der Waals surface area contributed by atoms with Crippen LogP contribution in [0.15, 0.2) is 65.8 Å². The zero-order valence-electron chi connectivity index (χ0n) is 13.2. The Morgan fingerprint density at radius 2 is 1.64 bits per heavy atom. The number of nitrogens with one attached hydrogen (secondary N) is 1. The molecule has 110 valence electrons. The standard InChI is InChI=1S/C20H20N2/c1-14-7-6-10-20(15(14)2)22-21-16(3)18-12-11-17-8-4-5-9-19(17)13-18/h4-13,22H,1-3H3. The molecule has 3 aromatic carbocycles. The molecule has 3 rings (SSSR count). The van der Waals surface area contributed by atoms with Crippen LogP contribution in [-0.2, 0) is 0 Å². The van der Waals surface area contributed by atoms with Gasteiger partial charge in [-0.05, 0) is 60.4 Å². The third-order valence-corrected chi connectivity index (χ3v) is 4.12. The smallest absolute Gasteiger partial charge is 0.0648 e. The minimum atomic E-state index is 0.978. The maximum absolute atomic E-state index is 4.54. The van der Waals surface area contributed by atoms with Gasteiger partial charge in [0.1, 0.15) is 0 Å². The lowest BCUT2D eigenvalue weighted by Crippen LogP contribution is -2.01. The van der Waals surface area contributed by atoms with Crippen molar-refractivity contribution in [3.05, 3.63) is 77.4 Å². The zero-order chi connectivity index (χ0) is 15.5. The Bertz CT molecular complexity index is 847. The van der Waals surface area contributed by atoms with Gasteiger partial charge in [0.05, 0.1) is 11.4 Å². The van der Waals surface area contributed by atoms with Crippen molar-refractivity contribution in [3.8, 4) is 0 Å². The molecule has 3 aromatic rings. The Balaban J connectivity index is 1.88. The summed E-state index contributed by atoms with van der Waals surface area (Å²) in [5, 5.41) is 7.03. The number of anilines is 1. The summed E-state index contributed by atoms with van der Waals surface area (Å²) in [6, 6.07) is 21.0. The molecule has 0 atom stereocenters. The van der Waals surface area contributed by atoms with Crippen molar-refractivity contribution in [2.24, 2.45) is 5.10 Å². The van der Waals surface area contributed by atoms with Crippen LogP contribution in [0.3, 0.4) is 0 Å². The monoisotopic (exact) mass is 288 g/mol. The first-order chi connectivity index (χ1) is 10.6. The Hall–Kier alpha value is -2.61. The summed E-state index contributed by atoms with van der Waals surface area (Å²) in [7, 11) is 0. The van der Waals surface area contributed by atoms with Crippen molar-refractivity contribution < 1.29 is 0 Å². The number of hydrogen-bond donors (Lipinski definition) is 1. The molecule has 0 amide bonds. The van der Waals surface area contributed by atoms with Crippen molar-refractivity contribution in [2.75, 3.05) is 5.43 Å². The Kier molecular flexibility index (Phi) is 3.92. The first-order valence-corrected chi connectivity index (χ1v) is 7.51. The first kappa shape index (κ1) is 14.3. The number of hydrogen-bond acceptors (Lipinski definition) is 2. The van der Waals surface area contributed by atoms with Crippen LogP contribution >= 0.6 is 0 Å². The molecular weight excluding hydrogens is 268 g/mol. The molecule has 2 nitrogen and oxygen atoms in total. The van der Waals surface area contributed by atoms with Gasteiger partial charge < -0.3 is 0 Å². The molecule has 1 N–H and O–H groups in total. The minimum absolute atomic E-state index is 0.978. The molecule has 0 radical (unpaired) electrons. The Morgan fingerprint density at radius 1 is 0.864 bits per heavy atom. The summed E-state index contributed by atoms with van der Waals surface area (Å²) in [6.45, 7) is 6.25. The van der Waals surface area contributed by atoms with Crippen LogP contribution in [0.2, 0.25) is 0 Å². The molecule has 0 heterocycles. The Labute approximate surface area is 131 Å². The fourth-order valence-corrected chi connectivity index (χ4v) is 2.50. The SMILES string of the molecule is CC(=NNc1cccc(C)c1C)c1ccc2ccccc2c1. The van der Waals surface area contributed by atoms with Crippen LogP contribution in [0.25, 0.3) is 10.8 Å². The van der Waals surface area contributed by atoms with Crippen LogP contribution in [0, 0.1) is 13.8 Å². The lowest BCUT2D eigenvalue weighted by molar-refractivity contribution is 1.26. The summed E-state index contributed by atoms with van der Waals surface area (Å²) >= 11 is 0. The molecule has 0 aliphatic heterocycles. The highest BCUT2D eigenvalue weighted by molar-refractivity contribution is 6.02. The van der Waals surface area contributed by atoms with Gasteiger partial charge in [-0.25, -0.2) is 0 Å². The fourth-order valence-electron chi connectivity index (χ4n) is 2.50. The van der Waals surface area contributed by atoms with Gasteiger partial charge in [0.25, 0.3) is 0 Å². The van der Waals surface area contributed by atoms with Gasteiger partial charge in [-0.15, -0.1) is 0 Å². The molecule has 0 saturated heterocycles. The zero-order valence-corrected chi connectivity index (χ0v) is 13.2. The fraction of sp³-hybridized carbons (Fsp3) is 0.150. The van der Waals surface area contributed by atoms with Gasteiger partial charge in [0.15, 0.2) is 0 Å². The van der Waals surface area contributed by atoms with Gasteiger partial charge in [0.2, 0.25) is 0 Å². The number of rotatable bonds is 3. The first-order valence-electron chi connectivity index (χ1n) is 7.51. The summed E-state index contributed by atoms with van der Waals surface area (Å²) in [6.07, 6.45) is 0. The highest BCUT2D eigenvalue weighted by Gasteiger charge is 2.02. The van der Waals surface area contributed by atoms with Crippen LogP contribution in [0.5, 0.6) is 0 Å². The number of nitrogens with zero attached hydrogens (tertiary/aromatic N) is 1. The predicted octanol–water partition coefficient (Wildman–Crippen LogP) is 5.29. The van der Waals surface area contributed by atoms with E-state index >= 15 is 0 Å². The summed E-state index contributed by atoms with van der Waals surface area (Å²) < 4.78 is 0. The molecule has 0 bridgehead atoms. The van der Waals surface area contributed by atoms with E-state index in [0.717, 1.165) is 17.0 Å². The van der Waals surface area contributed by atoms with E-state index < -0.39 is 0 Å². The van der Waals surface area contributed by atoms with Gasteiger partial charge >= 0.3 is 0 Å². The van der Waals surface area contributed by atoms with Crippen molar-refractivity contribution >= 4 is 22.2 Å². The maximum Gasteiger partial charge on any atom is 0.0648 e. The quantitative estimate of drug-likeness (QED) is 0.514. The summed E-state index contributed by atoms with van der Waals surface area (Å²) in [5.41, 5.74) is 8.86. The second-order valence-corrected chi connectivity index (χ2v) is 5.62. The predicted molar refractivity (Wildman–Crippen MR) is 95.7 cm³/mol. The van der Waals surface area contributed by atoms with Crippen molar-refractivity contribution in [1.82, 2.24) is 0 Å². The molecular formula is C20H20N2. The largest absolute Gasteiger partial charge is 0.278 e. The second kappa shape index (κ2) is 6.02. The maximum atomic E-state index is 4.54. The third kappa shape index (κ3) is 2.86. The lowest BCUT2D eigenvalue weighted by atomic mass is 10.0. The van der Waals surface area contributed by atoms with E-state index in [-0.39, 0.29) is 0 Å². The number of aryl methyl sites for hydroxylation is 1. The number of benzene rings is 3. The van der Waals surface area contributed by atoms with Crippen molar-refractivity contribution in [1.29, 1.82) is 0 Å². The normalized spacial score (nSPS) is 11.7. The molecule has 0 aromatic heterocycles. The molecule has 22 heavy (non-hydrogen) atoms. The van der Waals surface area contributed by atoms with Gasteiger partial charge in [-0.3, -0.25) is 5.43 Å². The molecule has 0 aliphatic rings. The molecule has 0 unspecified atom stereocenters. The highest BCUT2D eigenvalue weighted by atomic mass is 15.3. The van der Waals surface area contributed by atoms with Crippen molar-refractivity contribution in [2.45, 2.75) is 20.8 Å². The van der Waals surface area contributed by atoms with E-state index in [4.69, 9.17) is 0 Å². The van der Waals surface area contributed by atoms with Gasteiger partial charge in [0, 0.05) is 0 Å². The van der Waals surface area contributed by atoms with E-state index in [1.807, 2.05) is 13.0 Å².